The van der Waals surface area contributed by atoms with Crippen molar-refractivity contribution in [1.29, 1.82) is 0 Å². The van der Waals surface area contributed by atoms with Gasteiger partial charge in [-0.3, -0.25) is 0 Å². The van der Waals surface area contributed by atoms with Crippen molar-refractivity contribution in [3.05, 3.63) is 11.7 Å². The molecule has 3 rings (SSSR count). The Kier molecular flexibility index (Phi) is 3.82. The van der Waals surface area contributed by atoms with Gasteiger partial charge in [-0.05, 0) is 51.6 Å². The fourth-order valence-corrected chi connectivity index (χ4v) is 3.60. The van der Waals surface area contributed by atoms with Crippen LogP contribution in [-0.2, 0) is 15.8 Å². The van der Waals surface area contributed by atoms with Gasteiger partial charge in [-0.25, -0.2) is 0 Å². The van der Waals surface area contributed by atoms with Crippen LogP contribution in [0, 0.1) is 0 Å². The molecule has 20 heavy (non-hydrogen) atoms. The van der Waals surface area contributed by atoms with E-state index in [9.17, 15) is 0 Å². The molecule has 0 spiro atoms. The first-order valence-corrected chi connectivity index (χ1v) is 7.85. The number of nitrogens with one attached hydrogen (secondary N) is 1. The molecule has 112 valence electrons. The van der Waals surface area contributed by atoms with Crippen molar-refractivity contribution in [3.63, 3.8) is 0 Å². The first-order chi connectivity index (χ1) is 9.75. The van der Waals surface area contributed by atoms with E-state index in [1.165, 1.54) is 6.42 Å². The third-order valence-corrected chi connectivity index (χ3v) is 5.13. The van der Waals surface area contributed by atoms with E-state index in [4.69, 9.17) is 14.2 Å². The maximum Gasteiger partial charge on any atom is 0.233 e. The maximum atomic E-state index is 5.67. The van der Waals surface area contributed by atoms with E-state index in [-0.39, 0.29) is 11.0 Å². The number of hydrogen-bond donors (Lipinski definition) is 1. The van der Waals surface area contributed by atoms with E-state index in [1.54, 1.807) is 7.11 Å². The number of piperidine rings is 1. The van der Waals surface area contributed by atoms with E-state index in [0.717, 1.165) is 63.3 Å². The van der Waals surface area contributed by atoms with Gasteiger partial charge >= 0.3 is 0 Å². The van der Waals surface area contributed by atoms with Crippen LogP contribution in [0.1, 0.15) is 63.6 Å². The fraction of sp³-hybridized carbons (Fsp3) is 0.867. The van der Waals surface area contributed by atoms with Crippen LogP contribution in [0.25, 0.3) is 0 Å². The predicted octanol–water partition coefficient (Wildman–Crippen LogP) is 2.52. The highest BCUT2D eigenvalue weighted by atomic mass is 16.5. The molecule has 1 aliphatic carbocycles. The fourth-order valence-electron chi connectivity index (χ4n) is 3.60. The molecule has 0 amide bonds. The molecule has 2 aliphatic rings. The third-order valence-electron chi connectivity index (χ3n) is 5.13. The van der Waals surface area contributed by atoms with Crippen LogP contribution in [0.4, 0.5) is 0 Å². The molecule has 2 heterocycles. The number of nitrogens with zero attached hydrogens (tertiary/aromatic N) is 2. The normalized spacial score (nSPS) is 24.3. The van der Waals surface area contributed by atoms with Crippen molar-refractivity contribution < 1.29 is 9.26 Å². The van der Waals surface area contributed by atoms with Crippen LogP contribution in [0.5, 0.6) is 0 Å². The summed E-state index contributed by atoms with van der Waals surface area (Å²) in [6.45, 7) is 4.30. The van der Waals surface area contributed by atoms with Gasteiger partial charge in [0.05, 0.1) is 5.41 Å². The number of ether oxygens (including phenoxy) is 1. The summed E-state index contributed by atoms with van der Waals surface area (Å²) in [4.78, 5) is 4.76. The second-order valence-corrected chi connectivity index (χ2v) is 6.26. The predicted molar refractivity (Wildman–Crippen MR) is 75.5 cm³/mol. The largest absolute Gasteiger partial charge is 0.370 e. The molecule has 0 aromatic carbocycles. The molecule has 1 N–H and O–H groups in total. The molecule has 2 fully saturated rings. The number of methoxy groups -OCH3 is 1. The van der Waals surface area contributed by atoms with Gasteiger partial charge in [0, 0.05) is 7.11 Å². The van der Waals surface area contributed by atoms with Gasteiger partial charge in [-0.15, -0.1) is 0 Å². The second-order valence-electron chi connectivity index (χ2n) is 6.26. The Balaban J connectivity index is 1.87. The number of aromatic nitrogens is 2. The van der Waals surface area contributed by atoms with E-state index in [0.29, 0.717) is 0 Å². The summed E-state index contributed by atoms with van der Waals surface area (Å²) in [5.41, 5.74) is -0.202. The Morgan fingerprint density at radius 2 is 2.00 bits per heavy atom. The van der Waals surface area contributed by atoms with Gasteiger partial charge in [0.1, 0.15) is 5.60 Å². The molecular weight excluding hydrogens is 254 g/mol. The highest BCUT2D eigenvalue weighted by molar-refractivity contribution is 5.12. The van der Waals surface area contributed by atoms with Gasteiger partial charge in [0.25, 0.3) is 0 Å². The molecule has 1 saturated carbocycles. The first kappa shape index (κ1) is 14.0. The van der Waals surface area contributed by atoms with Crippen molar-refractivity contribution in [1.82, 2.24) is 15.5 Å². The lowest BCUT2D eigenvalue weighted by Crippen LogP contribution is -2.40. The summed E-state index contributed by atoms with van der Waals surface area (Å²) in [5, 5.41) is 7.68. The van der Waals surface area contributed by atoms with Crippen molar-refractivity contribution in [3.8, 4) is 0 Å². The molecule has 1 saturated heterocycles. The molecule has 1 aliphatic heterocycles. The average Bonchev–Trinajstić information content (AvgIpc) is 2.90. The zero-order chi connectivity index (χ0) is 14.1. The highest BCUT2D eigenvalue weighted by Crippen LogP contribution is 2.44. The van der Waals surface area contributed by atoms with Crippen molar-refractivity contribution in [2.45, 2.75) is 62.9 Å². The summed E-state index contributed by atoms with van der Waals surface area (Å²) in [7, 11) is 1.75. The summed E-state index contributed by atoms with van der Waals surface area (Å²) < 4.78 is 11.3. The standard InChI is InChI=1S/C15H25N3O2/c1-3-5-14(8-10-16-11-9-14)13-17-12(18-20-13)15(19-2)6-4-7-15/h16H,3-11H2,1-2H3. The lowest BCUT2D eigenvalue weighted by molar-refractivity contribution is -0.0858. The smallest absolute Gasteiger partial charge is 0.233 e. The molecule has 0 radical (unpaired) electrons. The maximum absolute atomic E-state index is 5.67. The molecule has 1 aromatic rings. The molecule has 5 nitrogen and oxygen atoms in total. The summed E-state index contributed by atoms with van der Waals surface area (Å²) in [6, 6.07) is 0. The van der Waals surface area contributed by atoms with Gasteiger partial charge < -0.3 is 14.6 Å². The lowest BCUT2D eigenvalue weighted by atomic mass is 9.75. The van der Waals surface area contributed by atoms with Crippen LogP contribution in [-0.4, -0.2) is 30.3 Å². The van der Waals surface area contributed by atoms with Gasteiger partial charge in [0.15, 0.2) is 0 Å². The van der Waals surface area contributed by atoms with E-state index in [1.807, 2.05) is 0 Å². The second kappa shape index (κ2) is 5.45. The quantitative estimate of drug-likeness (QED) is 0.897. The highest BCUT2D eigenvalue weighted by Gasteiger charge is 2.45. The van der Waals surface area contributed by atoms with Crippen LogP contribution in [0.2, 0.25) is 0 Å². The van der Waals surface area contributed by atoms with Gasteiger partial charge in [-0.1, -0.05) is 18.5 Å². The van der Waals surface area contributed by atoms with Crippen molar-refractivity contribution in [2.24, 2.45) is 0 Å². The Morgan fingerprint density at radius 1 is 1.25 bits per heavy atom. The summed E-state index contributed by atoms with van der Waals surface area (Å²) in [5.74, 6) is 1.59. The van der Waals surface area contributed by atoms with Crippen molar-refractivity contribution in [2.75, 3.05) is 20.2 Å². The summed E-state index contributed by atoms with van der Waals surface area (Å²) in [6.07, 6.45) is 7.63. The number of hydrogen-bond acceptors (Lipinski definition) is 5. The van der Waals surface area contributed by atoms with Crippen molar-refractivity contribution >= 4 is 0 Å². The van der Waals surface area contributed by atoms with Crippen LogP contribution in [0.15, 0.2) is 4.52 Å². The molecule has 5 heteroatoms. The van der Waals surface area contributed by atoms with Gasteiger partial charge in [-0.2, -0.15) is 4.98 Å². The van der Waals surface area contributed by atoms with Crippen LogP contribution in [0.3, 0.4) is 0 Å². The van der Waals surface area contributed by atoms with E-state index < -0.39 is 0 Å². The molecule has 0 atom stereocenters. The molecule has 0 unspecified atom stereocenters. The average molecular weight is 279 g/mol. The molecular formula is C15H25N3O2. The van der Waals surface area contributed by atoms with Crippen LogP contribution < -0.4 is 5.32 Å². The SMILES string of the molecule is CCCC1(c2nc(C3(OC)CCC3)no2)CCNCC1. The Labute approximate surface area is 120 Å². The Bertz CT molecular complexity index is 437. The summed E-state index contributed by atoms with van der Waals surface area (Å²) >= 11 is 0. The minimum Gasteiger partial charge on any atom is -0.370 e. The minimum absolute atomic E-state index is 0.0733. The Morgan fingerprint density at radius 3 is 2.55 bits per heavy atom. The molecule has 1 aromatic heterocycles. The van der Waals surface area contributed by atoms with E-state index in [2.05, 4.69) is 17.4 Å². The topological polar surface area (TPSA) is 60.2 Å². The Hall–Kier alpha value is -0.940. The number of rotatable bonds is 5. The third kappa shape index (κ3) is 2.17. The lowest BCUT2D eigenvalue weighted by Gasteiger charge is -2.37. The zero-order valence-electron chi connectivity index (χ0n) is 12.6. The van der Waals surface area contributed by atoms with Gasteiger partial charge in [0.2, 0.25) is 11.7 Å². The minimum atomic E-state index is -0.276. The van der Waals surface area contributed by atoms with E-state index >= 15 is 0 Å². The zero-order valence-corrected chi connectivity index (χ0v) is 12.6. The van der Waals surface area contributed by atoms with Crippen LogP contribution >= 0.6 is 0 Å². The molecule has 0 bridgehead atoms. The monoisotopic (exact) mass is 279 g/mol. The first-order valence-electron chi connectivity index (χ1n) is 7.85.